The van der Waals surface area contributed by atoms with E-state index < -0.39 is 6.10 Å². The highest BCUT2D eigenvalue weighted by atomic mass is 79.9. The van der Waals surface area contributed by atoms with Gasteiger partial charge in [-0.25, -0.2) is 4.98 Å². The molecule has 0 aliphatic carbocycles. The molecule has 0 aromatic carbocycles. The van der Waals surface area contributed by atoms with E-state index in [1.165, 1.54) is 4.88 Å². The number of aryl methyl sites for hydroxylation is 1. The van der Waals surface area contributed by atoms with E-state index >= 15 is 0 Å². The largest absolute Gasteiger partial charge is 0.386 e. The lowest BCUT2D eigenvalue weighted by atomic mass is 10.2. The molecule has 1 N–H and O–H groups in total. The van der Waals surface area contributed by atoms with Crippen LogP contribution in [-0.2, 0) is 6.42 Å². The summed E-state index contributed by atoms with van der Waals surface area (Å²) in [5, 5.41) is 12.8. The standard InChI is InChI=1S/C10H10BrNOS2/c1-6-12-8(5-14-6)9(13)4-7-2-3-10(11)15-7/h2-3,5,9,13H,4H2,1H3. The van der Waals surface area contributed by atoms with Crippen LogP contribution in [0.25, 0.3) is 0 Å². The molecule has 0 aliphatic heterocycles. The Hall–Kier alpha value is -0.230. The molecule has 80 valence electrons. The lowest BCUT2D eigenvalue weighted by molar-refractivity contribution is 0.175. The minimum absolute atomic E-state index is 0.486. The Bertz CT molecular complexity index is 452. The topological polar surface area (TPSA) is 33.1 Å². The predicted molar refractivity (Wildman–Crippen MR) is 67.5 cm³/mol. The zero-order chi connectivity index (χ0) is 10.8. The van der Waals surface area contributed by atoms with E-state index in [9.17, 15) is 5.11 Å². The number of hydrogen-bond donors (Lipinski definition) is 1. The summed E-state index contributed by atoms with van der Waals surface area (Å²) in [5.41, 5.74) is 0.780. The maximum atomic E-state index is 9.93. The van der Waals surface area contributed by atoms with Crippen LogP contribution in [-0.4, -0.2) is 10.1 Å². The van der Waals surface area contributed by atoms with Gasteiger partial charge in [0.1, 0.15) is 6.10 Å². The molecule has 2 aromatic rings. The molecule has 5 heteroatoms. The van der Waals surface area contributed by atoms with Gasteiger partial charge in [0.15, 0.2) is 0 Å². The molecule has 0 saturated heterocycles. The molecule has 2 nitrogen and oxygen atoms in total. The first-order chi connectivity index (χ1) is 7.15. The average Bonchev–Trinajstić information content (AvgIpc) is 2.75. The van der Waals surface area contributed by atoms with Crippen LogP contribution in [0, 0.1) is 6.92 Å². The lowest BCUT2D eigenvalue weighted by Gasteiger charge is -2.04. The van der Waals surface area contributed by atoms with Crippen LogP contribution < -0.4 is 0 Å². The van der Waals surface area contributed by atoms with Crippen LogP contribution >= 0.6 is 38.6 Å². The highest BCUT2D eigenvalue weighted by molar-refractivity contribution is 9.11. The van der Waals surface area contributed by atoms with Crippen molar-refractivity contribution in [1.29, 1.82) is 0 Å². The molecule has 2 heterocycles. The fourth-order valence-electron chi connectivity index (χ4n) is 1.29. The van der Waals surface area contributed by atoms with Gasteiger partial charge >= 0.3 is 0 Å². The van der Waals surface area contributed by atoms with Crippen molar-refractivity contribution in [2.24, 2.45) is 0 Å². The third kappa shape index (κ3) is 2.87. The van der Waals surface area contributed by atoms with E-state index in [0.29, 0.717) is 6.42 Å². The molecule has 1 atom stereocenters. The number of hydrogen-bond acceptors (Lipinski definition) is 4. The summed E-state index contributed by atoms with van der Waals surface area (Å²) in [6.45, 7) is 1.95. The number of aliphatic hydroxyl groups excluding tert-OH is 1. The molecule has 2 rings (SSSR count). The molecule has 1 unspecified atom stereocenters. The molecular weight excluding hydrogens is 294 g/mol. The third-order valence-electron chi connectivity index (χ3n) is 2.00. The fourth-order valence-corrected chi connectivity index (χ4v) is 3.47. The van der Waals surface area contributed by atoms with Gasteiger partial charge in [0.2, 0.25) is 0 Å². The maximum Gasteiger partial charge on any atom is 0.102 e. The van der Waals surface area contributed by atoms with Crippen molar-refractivity contribution in [3.05, 3.63) is 36.9 Å². The van der Waals surface area contributed by atoms with Gasteiger partial charge in [-0.1, -0.05) is 0 Å². The van der Waals surface area contributed by atoms with Crippen molar-refractivity contribution in [2.75, 3.05) is 0 Å². The predicted octanol–water partition coefficient (Wildman–Crippen LogP) is 3.55. The molecule has 0 aliphatic rings. The summed E-state index contributed by atoms with van der Waals surface area (Å²) in [5.74, 6) is 0. The average molecular weight is 304 g/mol. The Labute approximate surface area is 105 Å². The summed E-state index contributed by atoms with van der Waals surface area (Å²) in [4.78, 5) is 5.44. The summed E-state index contributed by atoms with van der Waals surface area (Å²) in [6.07, 6.45) is 0.153. The van der Waals surface area contributed by atoms with Crippen molar-refractivity contribution in [2.45, 2.75) is 19.4 Å². The minimum atomic E-state index is -0.486. The van der Waals surface area contributed by atoms with Gasteiger partial charge in [0.25, 0.3) is 0 Å². The second-order valence-electron chi connectivity index (χ2n) is 3.22. The van der Waals surface area contributed by atoms with Gasteiger partial charge in [-0.2, -0.15) is 0 Å². The summed E-state index contributed by atoms with van der Waals surface area (Å²) in [7, 11) is 0. The van der Waals surface area contributed by atoms with Gasteiger partial charge in [-0.15, -0.1) is 22.7 Å². The Balaban J connectivity index is 2.06. The molecular formula is C10H10BrNOS2. The van der Waals surface area contributed by atoms with Crippen molar-refractivity contribution in [3.8, 4) is 0 Å². The first kappa shape index (κ1) is 11.3. The smallest absolute Gasteiger partial charge is 0.102 e. The number of nitrogens with zero attached hydrogens (tertiary/aromatic N) is 1. The highest BCUT2D eigenvalue weighted by Crippen LogP contribution is 2.27. The molecule has 0 radical (unpaired) electrons. The van der Waals surface area contributed by atoms with Gasteiger partial charge in [0, 0.05) is 16.7 Å². The molecule has 0 bridgehead atoms. The number of thiophene rings is 1. The Morgan fingerprint density at radius 2 is 2.33 bits per heavy atom. The van der Waals surface area contributed by atoms with Crippen molar-refractivity contribution in [3.63, 3.8) is 0 Å². The SMILES string of the molecule is Cc1nc(C(O)Cc2ccc(Br)s2)cs1. The van der Waals surface area contributed by atoms with Crippen LogP contribution in [0.1, 0.15) is 21.7 Å². The van der Waals surface area contributed by atoms with Crippen molar-refractivity contribution in [1.82, 2.24) is 4.98 Å². The van der Waals surface area contributed by atoms with Crippen LogP contribution in [0.3, 0.4) is 0 Å². The molecule has 0 fully saturated rings. The van der Waals surface area contributed by atoms with Crippen LogP contribution in [0.2, 0.25) is 0 Å². The van der Waals surface area contributed by atoms with Crippen molar-refractivity contribution >= 4 is 38.6 Å². The van der Waals surface area contributed by atoms with Gasteiger partial charge in [-0.3, -0.25) is 0 Å². The molecule has 0 saturated carbocycles. The van der Waals surface area contributed by atoms with Crippen molar-refractivity contribution < 1.29 is 5.11 Å². The lowest BCUT2D eigenvalue weighted by Crippen LogP contribution is -2.00. The number of aromatic nitrogens is 1. The first-order valence-electron chi connectivity index (χ1n) is 4.49. The number of halogens is 1. The molecule has 0 spiro atoms. The van der Waals surface area contributed by atoms with E-state index in [2.05, 4.69) is 20.9 Å². The monoisotopic (exact) mass is 303 g/mol. The van der Waals surface area contributed by atoms with Gasteiger partial charge < -0.3 is 5.11 Å². The zero-order valence-corrected chi connectivity index (χ0v) is 11.3. The first-order valence-corrected chi connectivity index (χ1v) is 6.98. The number of thiazole rings is 1. The van der Waals surface area contributed by atoms with Gasteiger partial charge in [-0.05, 0) is 35.0 Å². The van der Waals surface area contributed by atoms with Gasteiger partial charge in [0.05, 0.1) is 14.5 Å². The molecule has 15 heavy (non-hydrogen) atoms. The second kappa shape index (κ2) is 4.74. The maximum absolute atomic E-state index is 9.93. The van der Waals surface area contributed by atoms with Crippen LogP contribution in [0.15, 0.2) is 21.3 Å². The van der Waals surface area contributed by atoms with E-state index in [0.717, 1.165) is 14.5 Å². The number of aliphatic hydroxyl groups is 1. The molecule has 2 aromatic heterocycles. The Kier molecular flexibility index (Phi) is 3.56. The van der Waals surface area contributed by atoms with E-state index in [-0.39, 0.29) is 0 Å². The normalized spacial score (nSPS) is 13.0. The number of rotatable bonds is 3. The summed E-state index contributed by atoms with van der Waals surface area (Å²) < 4.78 is 1.10. The minimum Gasteiger partial charge on any atom is -0.386 e. The zero-order valence-electron chi connectivity index (χ0n) is 8.11. The summed E-state index contributed by atoms with van der Waals surface area (Å²) in [6, 6.07) is 4.02. The third-order valence-corrected chi connectivity index (χ3v) is 4.44. The van der Waals surface area contributed by atoms with E-state index in [1.54, 1.807) is 22.7 Å². The Morgan fingerprint density at radius 1 is 1.53 bits per heavy atom. The summed E-state index contributed by atoms with van der Waals surface area (Å²) >= 11 is 6.63. The van der Waals surface area contributed by atoms with Crippen LogP contribution in [0.5, 0.6) is 0 Å². The quantitative estimate of drug-likeness (QED) is 0.940. The van der Waals surface area contributed by atoms with Crippen LogP contribution in [0.4, 0.5) is 0 Å². The molecule has 0 amide bonds. The highest BCUT2D eigenvalue weighted by Gasteiger charge is 2.12. The second-order valence-corrected chi connectivity index (χ2v) is 6.83. The van der Waals surface area contributed by atoms with E-state index in [4.69, 9.17) is 0 Å². The Morgan fingerprint density at radius 3 is 2.87 bits per heavy atom. The van der Waals surface area contributed by atoms with E-state index in [1.807, 2.05) is 24.4 Å². The fraction of sp³-hybridized carbons (Fsp3) is 0.300.